The lowest BCUT2D eigenvalue weighted by atomic mass is 10.1. The van der Waals surface area contributed by atoms with Crippen LogP contribution in [0.25, 0.3) is 0 Å². The predicted octanol–water partition coefficient (Wildman–Crippen LogP) is 3.11. The average molecular weight is 286 g/mol. The Morgan fingerprint density at radius 2 is 1.71 bits per heavy atom. The summed E-state index contributed by atoms with van der Waals surface area (Å²) in [5, 5.41) is 8.71. The molecule has 0 spiro atoms. The summed E-state index contributed by atoms with van der Waals surface area (Å²) >= 11 is 0. The Morgan fingerprint density at radius 1 is 1.14 bits per heavy atom. The second-order valence-electron chi connectivity index (χ2n) is 4.63. The number of hydrogen-bond donors (Lipinski definition) is 0. The van der Waals surface area contributed by atoms with Crippen molar-refractivity contribution >= 4 is 5.91 Å². The van der Waals surface area contributed by atoms with Crippen molar-refractivity contribution in [2.24, 2.45) is 0 Å². The van der Waals surface area contributed by atoms with Gasteiger partial charge in [0.05, 0.1) is 11.6 Å². The Hall–Kier alpha value is -2.74. The first kappa shape index (κ1) is 14.7. The second kappa shape index (κ2) is 6.14. The van der Waals surface area contributed by atoms with Crippen LogP contribution in [-0.4, -0.2) is 17.9 Å². The van der Waals surface area contributed by atoms with Gasteiger partial charge in [0.15, 0.2) is 0 Å². The van der Waals surface area contributed by atoms with E-state index in [0.717, 1.165) is 23.8 Å². The molecule has 0 aliphatic carbocycles. The van der Waals surface area contributed by atoms with E-state index in [9.17, 15) is 13.6 Å². The highest BCUT2D eigenvalue weighted by Crippen LogP contribution is 2.12. The van der Waals surface area contributed by atoms with Gasteiger partial charge in [0.2, 0.25) is 0 Å². The molecule has 3 nitrogen and oxygen atoms in total. The normalized spacial score (nSPS) is 10.0. The molecular formula is C16H12F2N2O. The number of halogens is 2. The van der Waals surface area contributed by atoms with Gasteiger partial charge in [-0.05, 0) is 29.8 Å². The number of benzene rings is 2. The molecule has 0 radical (unpaired) electrons. The molecule has 2 aromatic rings. The smallest absolute Gasteiger partial charge is 0.254 e. The van der Waals surface area contributed by atoms with Gasteiger partial charge in [0.25, 0.3) is 5.91 Å². The van der Waals surface area contributed by atoms with Crippen LogP contribution in [0.1, 0.15) is 21.5 Å². The van der Waals surface area contributed by atoms with Crippen molar-refractivity contribution in [2.75, 3.05) is 7.05 Å². The maximum absolute atomic E-state index is 13.1. The first-order chi connectivity index (χ1) is 9.99. The molecule has 2 rings (SSSR count). The molecule has 106 valence electrons. The van der Waals surface area contributed by atoms with E-state index in [2.05, 4.69) is 0 Å². The van der Waals surface area contributed by atoms with Crippen LogP contribution in [-0.2, 0) is 6.54 Å². The largest absolute Gasteiger partial charge is 0.337 e. The van der Waals surface area contributed by atoms with Crippen molar-refractivity contribution in [1.29, 1.82) is 5.26 Å². The third-order valence-corrected chi connectivity index (χ3v) is 2.96. The van der Waals surface area contributed by atoms with Crippen molar-refractivity contribution in [3.63, 3.8) is 0 Å². The van der Waals surface area contributed by atoms with Crippen molar-refractivity contribution in [3.8, 4) is 6.07 Å². The van der Waals surface area contributed by atoms with Crippen molar-refractivity contribution in [2.45, 2.75) is 6.54 Å². The van der Waals surface area contributed by atoms with Crippen LogP contribution in [0.2, 0.25) is 0 Å². The summed E-state index contributed by atoms with van der Waals surface area (Å²) < 4.78 is 26.2. The molecule has 21 heavy (non-hydrogen) atoms. The molecule has 0 unspecified atom stereocenters. The topological polar surface area (TPSA) is 44.1 Å². The summed E-state index contributed by atoms with van der Waals surface area (Å²) in [6, 6.07) is 11.5. The second-order valence-corrected chi connectivity index (χ2v) is 4.63. The van der Waals surface area contributed by atoms with E-state index in [4.69, 9.17) is 5.26 Å². The van der Waals surface area contributed by atoms with Crippen LogP contribution in [0.3, 0.4) is 0 Å². The first-order valence-electron chi connectivity index (χ1n) is 6.20. The zero-order chi connectivity index (χ0) is 15.4. The van der Waals surface area contributed by atoms with Gasteiger partial charge in [-0.25, -0.2) is 8.78 Å². The van der Waals surface area contributed by atoms with Crippen molar-refractivity contribution in [1.82, 2.24) is 4.90 Å². The van der Waals surface area contributed by atoms with Crippen LogP contribution in [0, 0.1) is 23.0 Å². The summed E-state index contributed by atoms with van der Waals surface area (Å²) in [5.74, 6) is -2.05. The van der Waals surface area contributed by atoms with Gasteiger partial charge in [-0.3, -0.25) is 4.79 Å². The van der Waals surface area contributed by atoms with Gasteiger partial charge in [-0.15, -0.1) is 0 Å². The molecule has 0 saturated heterocycles. The fraction of sp³-hybridized carbons (Fsp3) is 0.125. The summed E-state index contributed by atoms with van der Waals surface area (Å²) in [7, 11) is 1.54. The van der Waals surface area contributed by atoms with Gasteiger partial charge in [0.1, 0.15) is 11.6 Å². The molecule has 0 N–H and O–H groups in total. The van der Waals surface area contributed by atoms with Crippen LogP contribution in [0.5, 0.6) is 0 Å². The highest BCUT2D eigenvalue weighted by Gasteiger charge is 2.14. The van der Waals surface area contributed by atoms with Crippen LogP contribution >= 0.6 is 0 Å². The third-order valence-electron chi connectivity index (χ3n) is 2.96. The van der Waals surface area contributed by atoms with Crippen molar-refractivity contribution in [3.05, 3.63) is 70.8 Å². The molecule has 0 aliphatic rings. The Balaban J connectivity index is 2.13. The molecule has 0 aromatic heterocycles. The van der Waals surface area contributed by atoms with E-state index in [1.165, 1.54) is 4.90 Å². The number of nitrogens with zero attached hydrogens (tertiary/aromatic N) is 2. The molecule has 1 amide bonds. The first-order valence-corrected chi connectivity index (χ1v) is 6.20. The molecule has 0 saturated carbocycles. The third kappa shape index (κ3) is 3.63. The summed E-state index contributed by atoms with van der Waals surface area (Å²) in [5.41, 5.74) is 1.31. The number of nitriles is 1. The highest BCUT2D eigenvalue weighted by atomic mass is 19.1. The molecule has 2 aromatic carbocycles. The minimum atomic E-state index is -0.787. The quantitative estimate of drug-likeness (QED) is 0.870. The van der Waals surface area contributed by atoms with E-state index in [1.807, 2.05) is 6.07 Å². The fourth-order valence-corrected chi connectivity index (χ4v) is 1.93. The average Bonchev–Trinajstić information content (AvgIpc) is 2.46. The summed E-state index contributed by atoms with van der Waals surface area (Å²) in [4.78, 5) is 13.5. The Kier molecular flexibility index (Phi) is 4.29. The highest BCUT2D eigenvalue weighted by molar-refractivity contribution is 5.94. The maximum Gasteiger partial charge on any atom is 0.254 e. The number of rotatable bonds is 3. The lowest BCUT2D eigenvalue weighted by molar-refractivity contribution is 0.0784. The molecular weight excluding hydrogens is 274 g/mol. The molecule has 0 aliphatic heterocycles. The van der Waals surface area contributed by atoms with Gasteiger partial charge in [0, 0.05) is 25.2 Å². The fourth-order valence-electron chi connectivity index (χ4n) is 1.93. The monoisotopic (exact) mass is 286 g/mol. The molecule has 0 heterocycles. The number of amides is 1. The van der Waals surface area contributed by atoms with E-state index < -0.39 is 17.5 Å². The minimum absolute atomic E-state index is 0.0383. The van der Waals surface area contributed by atoms with E-state index >= 15 is 0 Å². The Bertz CT molecular complexity index is 685. The van der Waals surface area contributed by atoms with Crippen molar-refractivity contribution < 1.29 is 13.6 Å². The van der Waals surface area contributed by atoms with Gasteiger partial charge < -0.3 is 4.90 Å². The SMILES string of the molecule is CN(Cc1ccc(C#N)cc1)C(=O)c1cc(F)cc(F)c1. The molecule has 0 fully saturated rings. The number of hydrogen-bond acceptors (Lipinski definition) is 2. The van der Waals surface area contributed by atoms with Gasteiger partial charge in [-0.2, -0.15) is 5.26 Å². The summed E-state index contributed by atoms with van der Waals surface area (Å²) in [6.45, 7) is 0.280. The van der Waals surface area contributed by atoms with E-state index in [1.54, 1.807) is 31.3 Å². The number of carbonyl (C=O) groups excluding carboxylic acids is 1. The van der Waals surface area contributed by atoms with Crippen LogP contribution < -0.4 is 0 Å². The van der Waals surface area contributed by atoms with Crippen LogP contribution in [0.15, 0.2) is 42.5 Å². The molecule has 5 heteroatoms. The lowest BCUT2D eigenvalue weighted by Gasteiger charge is -2.17. The van der Waals surface area contributed by atoms with Gasteiger partial charge >= 0.3 is 0 Å². The standard InChI is InChI=1S/C16H12F2N2O/c1-20(10-12-4-2-11(9-19)3-5-12)16(21)13-6-14(17)8-15(18)7-13/h2-8H,10H2,1H3. The molecule has 0 bridgehead atoms. The van der Waals surface area contributed by atoms with E-state index in [-0.39, 0.29) is 12.1 Å². The zero-order valence-electron chi connectivity index (χ0n) is 11.3. The predicted molar refractivity (Wildman–Crippen MR) is 73.3 cm³/mol. The van der Waals surface area contributed by atoms with Gasteiger partial charge in [-0.1, -0.05) is 12.1 Å². The molecule has 0 atom stereocenters. The van der Waals surface area contributed by atoms with E-state index in [0.29, 0.717) is 5.56 Å². The zero-order valence-corrected chi connectivity index (χ0v) is 11.3. The summed E-state index contributed by atoms with van der Waals surface area (Å²) in [6.07, 6.45) is 0. The maximum atomic E-state index is 13.1. The Labute approximate surface area is 121 Å². The number of carbonyl (C=O) groups is 1. The minimum Gasteiger partial charge on any atom is -0.337 e. The Morgan fingerprint density at radius 3 is 2.24 bits per heavy atom. The lowest BCUT2D eigenvalue weighted by Crippen LogP contribution is -2.26. The van der Waals surface area contributed by atoms with Crippen LogP contribution in [0.4, 0.5) is 8.78 Å².